The Morgan fingerprint density at radius 1 is 1.47 bits per heavy atom. The predicted octanol–water partition coefficient (Wildman–Crippen LogP) is 3.11. The lowest BCUT2D eigenvalue weighted by Gasteiger charge is -2.22. The van der Waals surface area contributed by atoms with Crippen molar-refractivity contribution < 1.29 is 10.0 Å². The molecular formula is C12H14Cl2N2O3. The van der Waals surface area contributed by atoms with E-state index in [2.05, 4.69) is 0 Å². The van der Waals surface area contributed by atoms with Crippen molar-refractivity contribution in [3.05, 3.63) is 32.3 Å². The van der Waals surface area contributed by atoms with Crippen LogP contribution in [0.25, 0.3) is 0 Å². The number of halogens is 2. The minimum absolute atomic E-state index is 0.120. The maximum atomic E-state index is 10.7. The van der Waals surface area contributed by atoms with Crippen molar-refractivity contribution in [3.8, 4) is 0 Å². The normalized spacial score (nSPS) is 20.6. The van der Waals surface area contributed by atoms with Crippen LogP contribution in [0.1, 0.15) is 13.3 Å². The summed E-state index contributed by atoms with van der Waals surface area (Å²) in [7, 11) is 0. The van der Waals surface area contributed by atoms with Gasteiger partial charge in [0.2, 0.25) is 0 Å². The number of non-ortho nitro benzene ring substituents is 1. The van der Waals surface area contributed by atoms with E-state index in [-0.39, 0.29) is 27.8 Å². The van der Waals surface area contributed by atoms with Gasteiger partial charge in [-0.15, -0.1) is 0 Å². The zero-order valence-corrected chi connectivity index (χ0v) is 11.9. The first-order valence-corrected chi connectivity index (χ1v) is 6.72. The largest absolute Gasteiger partial charge is 0.393 e. The van der Waals surface area contributed by atoms with Crippen molar-refractivity contribution in [2.24, 2.45) is 5.92 Å². The number of benzene rings is 1. The average molecular weight is 305 g/mol. The van der Waals surface area contributed by atoms with Gasteiger partial charge in [0.25, 0.3) is 5.69 Å². The summed E-state index contributed by atoms with van der Waals surface area (Å²) < 4.78 is 0. The Balaban J connectivity index is 2.29. The van der Waals surface area contributed by atoms with Crippen molar-refractivity contribution in [2.75, 3.05) is 18.0 Å². The molecule has 1 saturated heterocycles. The molecule has 104 valence electrons. The zero-order chi connectivity index (χ0) is 14.2. The number of nitro benzene ring substituents is 1. The molecule has 1 N–H and O–H groups in total. The van der Waals surface area contributed by atoms with E-state index >= 15 is 0 Å². The Morgan fingerprint density at radius 3 is 2.47 bits per heavy atom. The predicted molar refractivity (Wildman–Crippen MR) is 75.1 cm³/mol. The first-order chi connectivity index (χ1) is 8.90. The van der Waals surface area contributed by atoms with Crippen LogP contribution >= 0.6 is 23.2 Å². The molecule has 5 nitrogen and oxygen atoms in total. The molecule has 2 rings (SSSR count). The van der Waals surface area contributed by atoms with Crippen LogP contribution in [0, 0.1) is 16.0 Å². The highest BCUT2D eigenvalue weighted by atomic mass is 35.5. The molecule has 0 bridgehead atoms. The first kappa shape index (κ1) is 14.4. The molecule has 0 amide bonds. The number of anilines is 1. The van der Waals surface area contributed by atoms with Gasteiger partial charge >= 0.3 is 0 Å². The summed E-state index contributed by atoms with van der Waals surface area (Å²) in [5.74, 6) is 0.169. The molecule has 19 heavy (non-hydrogen) atoms. The number of hydrogen-bond acceptors (Lipinski definition) is 4. The highest BCUT2D eigenvalue weighted by Gasteiger charge is 2.29. The molecule has 1 aliphatic heterocycles. The summed E-state index contributed by atoms with van der Waals surface area (Å²) in [5, 5.41) is 20.8. The van der Waals surface area contributed by atoms with Gasteiger partial charge in [-0.2, -0.15) is 0 Å². The third-order valence-electron chi connectivity index (χ3n) is 3.44. The topological polar surface area (TPSA) is 66.6 Å². The van der Waals surface area contributed by atoms with Gasteiger partial charge in [0.05, 0.1) is 26.8 Å². The van der Waals surface area contributed by atoms with Crippen LogP contribution in [-0.4, -0.2) is 29.2 Å². The highest BCUT2D eigenvalue weighted by Crippen LogP contribution is 2.39. The minimum Gasteiger partial charge on any atom is -0.393 e. The summed E-state index contributed by atoms with van der Waals surface area (Å²) in [6, 6.07) is 2.61. The number of hydrogen-bond donors (Lipinski definition) is 1. The SMILES string of the molecule is CC(O)C1CCN(c2c(Cl)cc([N+](=O)[O-])cc2Cl)C1. The standard InChI is InChI=1S/C12H14Cl2N2O3/c1-7(17)8-2-3-15(6-8)12-10(13)4-9(16(18)19)5-11(12)14/h4-5,7-8,17H,2-3,6H2,1H3. The number of aliphatic hydroxyl groups is 1. The molecule has 2 unspecified atom stereocenters. The van der Waals surface area contributed by atoms with Gasteiger partial charge in [0.15, 0.2) is 0 Å². The van der Waals surface area contributed by atoms with Gasteiger partial charge < -0.3 is 10.0 Å². The van der Waals surface area contributed by atoms with E-state index in [1.165, 1.54) is 12.1 Å². The van der Waals surface area contributed by atoms with E-state index < -0.39 is 4.92 Å². The highest BCUT2D eigenvalue weighted by molar-refractivity contribution is 6.39. The van der Waals surface area contributed by atoms with E-state index in [0.717, 1.165) is 13.0 Å². The van der Waals surface area contributed by atoms with Crippen molar-refractivity contribution in [2.45, 2.75) is 19.4 Å². The lowest BCUT2D eigenvalue weighted by atomic mass is 10.0. The number of nitro groups is 1. The molecule has 0 radical (unpaired) electrons. The number of nitrogens with zero attached hydrogens (tertiary/aromatic N) is 2. The summed E-state index contributed by atoms with van der Waals surface area (Å²) in [4.78, 5) is 12.2. The maximum absolute atomic E-state index is 10.7. The second-order valence-corrected chi connectivity index (χ2v) is 5.56. The van der Waals surface area contributed by atoms with Gasteiger partial charge in [0.1, 0.15) is 0 Å². The van der Waals surface area contributed by atoms with Crippen LogP contribution in [0.2, 0.25) is 10.0 Å². The Kier molecular flexibility index (Phi) is 4.18. The molecule has 1 fully saturated rings. The molecule has 1 heterocycles. The summed E-state index contributed by atoms with van der Waals surface area (Å²) in [6.07, 6.45) is 0.460. The molecule has 0 saturated carbocycles. The Bertz CT molecular complexity index is 485. The maximum Gasteiger partial charge on any atom is 0.272 e. The molecule has 0 aliphatic carbocycles. The summed E-state index contributed by atoms with van der Waals surface area (Å²) in [6.45, 7) is 3.13. The summed E-state index contributed by atoms with van der Waals surface area (Å²) >= 11 is 12.2. The van der Waals surface area contributed by atoms with Crippen molar-refractivity contribution in [1.29, 1.82) is 0 Å². The summed E-state index contributed by atoms with van der Waals surface area (Å²) in [5.41, 5.74) is 0.488. The fraction of sp³-hybridized carbons (Fsp3) is 0.500. The molecule has 0 spiro atoms. The van der Waals surface area contributed by atoms with E-state index in [9.17, 15) is 15.2 Å². The molecule has 1 aromatic rings. The lowest BCUT2D eigenvalue weighted by molar-refractivity contribution is -0.384. The van der Waals surface area contributed by atoms with Gasteiger partial charge in [-0.05, 0) is 13.3 Å². The van der Waals surface area contributed by atoms with Crippen LogP contribution in [0.4, 0.5) is 11.4 Å². The number of aliphatic hydroxyl groups excluding tert-OH is 1. The first-order valence-electron chi connectivity index (χ1n) is 5.96. The van der Waals surface area contributed by atoms with E-state index in [1.54, 1.807) is 6.92 Å². The van der Waals surface area contributed by atoms with Gasteiger partial charge in [-0.25, -0.2) is 0 Å². The van der Waals surface area contributed by atoms with Crippen LogP contribution in [0.5, 0.6) is 0 Å². The van der Waals surface area contributed by atoms with Crippen LogP contribution in [-0.2, 0) is 0 Å². The number of rotatable bonds is 3. The third kappa shape index (κ3) is 2.94. The van der Waals surface area contributed by atoms with Crippen molar-refractivity contribution in [3.63, 3.8) is 0 Å². The smallest absolute Gasteiger partial charge is 0.272 e. The average Bonchev–Trinajstić information content (AvgIpc) is 2.77. The zero-order valence-electron chi connectivity index (χ0n) is 10.3. The second kappa shape index (κ2) is 5.53. The van der Waals surface area contributed by atoms with Crippen molar-refractivity contribution in [1.82, 2.24) is 0 Å². The van der Waals surface area contributed by atoms with E-state index in [4.69, 9.17) is 23.2 Å². The fourth-order valence-corrected chi connectivity index (χ4v) is 3.06. The third-order valence-corrected chi connectivity index (χ3v) is 4.01. The Hall–Kier alpha value is -1.04. The van der Waals surface area contributed by atoms with E-state index in [0.29, 0.717) is 12.2 Å². The molecule has 1 aromatic carbocycles. The second-order valence-electron chi connectivity index (χ2n) is 4.75. The van der Waals surface area contributed by atoms with Gasteiger partial charge in [0, 0.05) is 31.1 Å². The monoisotopic (exact) mass is 304 g/mol. The Morgan fingerprint density at radius 2 is 2.05 bits per heavy atom. The molecule has 2 atom stereocenters. The Labute approximate surface area is 120 Å². The molecule has 7 heteroatoms. The van der Waals surface area contributed by atoms with Gasteiger partial charge in [-0.3, -0.25) is 10.1 Å². The van der Waals surface area contributed by atoms with Crippen LogP contribution in [0.15, 0.2) is 12.1 Å². The van der Waals surface area contributed by atoms with Crippen LogP contribution < -0.4 is 4.90 Å². The molecule has 1 aliphatic rings. The quantitative estimate of drug-likeness (QED) is 0.688. The minimum atomic E-state index is -0.524. The van der Waals surface area contributed by atoms with Gasteiger partial charge in [-0.1, -0.05) is 23.2 Å². The lowest BCUT2D eigenvalue weighted by Crippen LogP contribution is -2.24. The van der Waals surface area contributed by atoms with Crippen molar-refractivity contribution >= 4 is 34.6 Å². The fourth-order valence-electron chi connectivity index (χ4n) is 2.34. The molecule has 0 aromatic heterocycles. The molecular weight excluding hydrogens is 291 g/mol. The van der Waals surface area contributed by atoms with E-state index in [1.807, 2.05) is 4.90 Å². The van der Waals surface area contributed by atoms with Crippen LogP contribution in [0.3, 0.4) is 0 Å².